The van der Waals surface area contributed by atoms with Crippen LogP contribution in [0.2, 0.25) is 0 Å². The molecule has 0 unspecified atom stereocenters. The highest BCUT2D eigenvalue weighted by Gasteiger charge is 2.15. The van der Waals surface area contributed by atoms with Gasteiger partial charge in [-0.1, -0.05) is 30.3 Å². The minimum atomic E-state index is -0.165. The van der Waals surface area contributed by atoms with Crippen LogP contribution in [-0.2, 0) is 11.2 Å². The van der Waals surface area contributed by atoms with E-state index in [4.69, 9.17) is 9.47 Å². The number of rotatable bonds is 6. The molecule has 0 aliphatic heterocycles. The molecule has 0 radical (unpaired) electrons. The van der Waals surface area contributed by atoms with Gasteiger partial charge in [0, 0.05) is 5.56 Å². The number of benzene rings is 2. The predicted octanol–water partition coefficient (Wildman–Crippen LogP) is 3.12. The highest BCUT2D eigenvalue weighted by atomic mass is 16.5. The van der Waals surface area contributed by atoms with E-state index in [0.717, 1.165) is 22.6 Å². The molecule has 4 nitrogen and oxygen atoms in total. The van der Waals surface area contributed by atoms with Gasteiger partial charge in [-0.3, -0.25) is 4.79 Å². The highest BCUT2D eigenvalue weighted by Crippen LogP contribution is 2.29. The summed E-state index contributed by atoms with van der Waals surface area (Å²) < 4.78 is 10.6. The molecule has 4 heteroatoms. The third-order valence-corrected chi connectivity index (χ3v) is 3.49. The maximum atomic E-state index is 12.2. The Morgan fingerprint density at radius 1 is 1.09 bits per heavy atom. The molecule has 2 aromatic rings. The van der Waals surface area contributed by atoms with Gasteiger partial charge in [0.15, 0.2) is 0 Å². The van der Waals surface area contributed by atoms with Crippen LogP contribution >= 0.6 is 0 Å². The van der Waals surface area contributed by atoms with Gasteiger partial charge in [0.2, 0.25) is 5.91 Å². The van der Waals surface area contributed by atoms with E-state index in [9.17, 15) is 4.79 Å². The maximum Gasteiger partial charge on any atom is 0.224 e. The van der Waals surface area contributed by atoms with E-state index in [-0.39, 0.29) is 11.9 Å². The molecule has 0 fully saturated rings. The van der Waals surface area contributed by atoms with Gasteiger partial charge in [-0.05, 0) is 30.7 Å². The van der Waals surface area contributed by atoms with E-state index >= 15 is 0 Å². The lowest BCUT2D eigenvalue weighted by atomic mass is 10.1. The molecule has 1 amide bonds. The summed E-state index contributed by atoms with van der Waals surface area (Å²) in [6.45, 7) is 1.93. The quantitative estimate of drug-likeness (QED) is 0.891. The molecule has 0 saturated heterocycles. The largest absolute Gasteiger partial charge is 0.497 e. The molecule has 0 saturated carbocycles. The van der Waals surface area contributed by atoms with Crippen LogP contribution in [0.5, 0.6) is 11.5 Å². The van der Waals surface area contributed by atoms with Crippen molar-refractivity contribution in [3.63, 3.8) is 0 Å². The minimum Gasteiger partial charge on any atom is -0.497 e. The number of amides is 1. The SMILES string of the molecule is COc1ccc(OC)c([C@@H](C)NC(=O)Cc2ccccc2)c1. The second kappa shape index (κ2) is 7.50. The van der Waals surface area contributed by atoms with Gasteiger partial charge < -0.3 is 14.8 Å². The number of carbonyl (C=O) groups is 1. The van der Waals surface area contributed by atoms with Crippen LogP contribution in [0, 0.1) is 0 Å². The zero-order valence-electron chi connectivity index (χ0n) is 13.1. The van der Waals surface area contributed by atoms with Crippen molar-refractivity contribution >= 4 is 5.91 Å². The Bertz CT molecular complexity index is 625. The number of methoxy groups -OCH3 is 2. The fourth-order valence-electron chi connectivity index (χ4n) is 2.33. The molecule has 0 bridgehead atoms. The van der Waals surface area contributed by atoms with Gasteiger partial charge in [0.25, 0.3) is 0 Å². The second-order valence-electron chi connectivity index (χ2n) is 5.06. The van der Waals surface area contributed by atoms with Crippen molar-refractivity contribution in [1.82, 2.24) is 5.32 Å². The standard InChI is InChI=1S/C18H21NO3/c1-13(16-12-15(21-2)9-10-17(16)22-3)19-18(20)11-14-7-5-4-6-8-14/h4-10,12-13H,11H2,1-3H3,(H,19,20)/t13-/m1/s1. The van der Waals surface area contributed by atoms with Crippen molar-refractivity contribution in [3.05, 3.63) is 59.7 Å². The average molecular weight is 299 g/mol. The van der Waals surface area contributed by atoms with Crippen LogP contribution in [0.25, 0.3) is 0 Å². The van der Waals surface area contributed by atoms with Gasteiger partial charge >= 0.3 is 0 Å². The third-order valence-electron chi connectivity index (χ3n) is 3.49. The lowest BCUT2D eigenvalue weighted by Crippen LogP contribution is -2.28. The summed E-state index contributed by atoms with van der Waals surface area (Å²) in [5.41, 5.74) is 1.88. The number of hydrogen-bond acceptors (Lipinski definition) is 3. The van der Waals surface area contributed by atoms with E-state index in [1.807, 2.05) is 55.5 Å². The minimum absolute atomic E-state index is 0.0245. The van der Waals surface area contributed by atoms with Crippen LogP contribution in [0.15, 0.2) is 48.5 Å². The van der Waals surface area contributed by atoms with E-state index in [2.05, 4.69) is 5.32 Å². The first-order valence-electron chi connectivity index (χ1n) is 7.19. The van der Waals surface area contributed by atoms with Crippen LogP contribution in [-0.4, -0.2) is 20.1 Å². The molecule has 116 valence electrons. The van der Waals surface area contributed by atoms with Crippen molar-refractivity contribution < 1.29 is 14.3 Å². The second-order valence-corrected chi connectivity index (χ2v) is 5.06. The molecule has 0 aromatic heterocycles. The first kappa shape index (κ1) is 15.9. The van der Waals surface area contributed by atoms with Crippen molar-refractivity contribution in [2.75, 3.05) is 14.2 Å². The summed E-state index contributed by atoms with van der Waals surface area (Å²) in [6, 6.07) is 15.1. The summed E-state index contributed by atoms with van der Waals surface area (Å²) in [5, 5.41) is 3.00. The van der Waals surface area contributed by atoms with Gasteiger partial charge in [-0.2, -0.15) is 0 Å². The van der Waals surface area contributed by atoms with Crippen molar-refractivity contribution in [2.24, 2.45) is 0 Å². The molecule has 2 aromatic carbocycles. The first-order valence-corrected chi connectivity index (χ1v) is 7.19. The maximum absolute atomic E-state index is 12.2. The monoisotopic (exact) mass is 299 g/mol. The normalized spacial score (nSPS) is 11.6. The Morgan fingerprint density at radius 3 is 2.45 bits per heavy atom. The Balaban J connectivity index is 2.08. The van der Waals surface area contributed by atoms with Gasteiger partial charge in [-0.15, -0.1) is 0 Å². The summed E-state index contributed by atoms with van der Waals surface area (Å²) >= 11 is 0. The molecular formula is C18H21NO3. The van der Waals surface area contributed by atoms with E-state index in [1.165, 1.54) is 0 Å². The molecule has 0 heterocycles. The van der Waals surface area contributed by atoms with E-state index < -0.39 is 0 Å². The topological polar surface area (TPSA) is 47.6 Å². The molecular weight excluding hydrogens is 278 g/mol. The Labute approximate surface area is 131 Å². The number of nitrogens with one attached hydrogen (secondary N) is 1. The van der Waals surface area contributed by atoms with Gasteiger partial charge in [0.05, 0.1) is 26.7 Å². The molecule has 0 aliphatic rings. The van der Waals surface area contributed by atoms with Crippen molar-refractivity contribution in [1.29, 1.82) is 0 Å². The fraction of sp³-hybridized carbons (Fsp3) is 0.278. The van der Waals surface area contributed by atoms with Crippen LogP contribution in [0.3, 0.4) is 0 Å². The molecule has 1 N–H and O–H groups in total. The Kier molecular flexibility index (Phi) is 5.42. The number of ether oxygens (including phenoxy) is 2. The highest BCUT2D eigenvalue weighted by molar-refractivity contribution is 5.79. The zero-order chi connectivity index (χ0) is 15.9. The summed E-state index contributed by atoms with van der Waals surface area (Å²) in [5.74, 6) is 1.44. The molecule has 0 aliphatic carbocycles. The van der Waals surface area contributed by atoms with E-state index in [0.29, 0.717) is 6.42 Å². The zero-order valence-corrected chi connectivity index (χ0v) is 13.1. The molecule has 0 spiro atoms. The van der Waals surface area contributed by atoms with Crippen LogP contribution < -0.4 is 14.8 Å². The van der Waals surface area contributed by atoms with Crippen molar-refractivity contribution in [2.45, 2.75) is 19.4 Å². The van der Waals surface area contributed by atoms with Crippen LogP contribution in [0.1, 0.15) is 24.1 Å². The lowest BCUT2D eigenvalue weighted by Gasteiger charge is -2.18. The van der Waals surface area contributed by atoms with Gasteiger partial charge in [0.1, 0.15) is 11.5 Å². The summed E-state index contributed by atoms with van der Waals surface area (Å²) in [7, 11) is 3.23. The molecule has 22 heavy (non-hydrogen) atoms. The smallest absolute Gasteiger partial charge is 0.224 e. The Hall–Kier alpha value is -2.49. The fourth-order valence-corrected chi connectivity index (χ4v) is 2.33. The van der Waals surface area contributed by atoms with Crippen LogP contribution in [0.4, 0.5) is 0 Å². The summed E-state index contributed by atoms with van der Waals surface area (Å²) in [4.78, 5) is 12.2. The average Bonchev–Trinajstić information content (AvgIpc) is 2.54. The predicted molar refractivity (Wildman–Crippen MR) is 86.2 cm³/mol. The molecule has 1 atom stereocenters. The lowest BCUT2D eigenvalue weighted by molar-refractivity contribution is -0.121. The number of hydrogen-bond donors (Lipinski definition) is 1. The third kappa shape index (κ3) is 4.01. The first-order chi connectivity index (χ1) is 10.6. The van der Waals surface area contributed by atoms with Crippen molar-refractivity contribution in [3.8, 4) is 11.5 Å². The Morgan fingerprint density at radius 2 is 1.82 bits per heavy atom. The van der Waals surface area contributed by atoms with Gasteiger partial charge in [-0.25, -0.2) is 0 Å². The molecule has 2 rings (SSSR count). The number of carbonyl (C=O) groups excluding carboxylic acids is 1. The summed E-state index contributed by atoms with van der Waals surface area (Å²) in [6.07, 6.45) is 0.359. The van der Waals surface area contributed by atoms with E-state index in [1.54, 1.807) is 14.2 Å².